The summed E-state index contributed by atoms with van der Waals surface area (Å²) >= 11 is 0. The highest BCUT2D eigenvalue weighted by Gasteiger charge is 2.18. The Bertz CT molecular complexity index is 994. The Hall–Kier alpha value is -3.21. The first kappa shape index (κ1) is 17.2. The number of amides is 2. The number of aromatic nitrogens is 1. The van der Waals surface area contributed by atoms with Gasteiger partial charge in [-0.2, -0.15) is 0 Å². The van der Waals surface area contributed by atoms with Crippen molar-refractivity contribution >= 4 is 28.3 Å². The van der Waals surface area contributed by atoms with Gasteiger partial charge in [0.2, 0.25) is 5.91 Å². The Morgan fingerprint density at radius 2 is 1.96 bits per heavy atom. The molecule has 1 fully saturated rings. The van der Waals surface area contributed by atoms with E-state index in [0.29, 0.717) is 24.3 Å². The lowest BCUT2D eigenvalue weighted by Gasteiger charge is -2.26. The summed E-state index contributed by atoms with van der Waals surface area (Å²) in [5, 5.41) is 4.74. The number of nitrogens with zero attached hydrogens (tertiary/aromatic N) is 2. The van der Waals surface area contributed by atoms with E-state index in [-0.39, 0.29) is 11.8 Å². The van der Waals surface area contributed by atoms with Crippen LogP contribution in [0, 0.1) is 0 Å². The van der Waals surface area contributed by atoms with Crippen molar-refractivity contribution in [2.75, 3.05) is 11.9 Å². The molecule has 5 heteroatoms. The molecule has 0 saturated carbocycles. The molecule has 0 unspecified atom stereocenters. The first-order valence-electron chi connectivity index (χ1n) is 9.22. The zero-order valence-corrected chi connectivity index (χ0v) is 15.0. The molecule has 5 nitrogen and oxygen atoms in total. The predicted molar refractivity (Wildman–Crippen MR) is 105 cm³/mol. The SMILES string of the molecule is O=C(Nc1cccc(CN2CCCCC2=O)c1)c1nccc2ccccc12. The number of fused-ring (bicyclic) bond motifs is 1. The summed E-state index contributed by atoms with van der Waals surface area (Å²) < 4.78 is 0. The van der Waals surface area contributed by atoms with E-state index in [1.807, 2.05) is 59.5 Å². The van der Waals surface area contributed by atoms with Crippen molar-refractivity contribution in [3.05, 3.63) is 72.1 Å². The van der Waals surface area contributed by atoms with E-state index in [0.717, 1.165) is 35.7 Å². The third-order valence-electron chi connectivity index (χ3n) is 4.87. The number of hydrogen-bond donors (Lipinski definition) is 1. The van der Waals surface area contributed by atoms with Gasteiger partial charge in [0.15, 0.2) is 0 Å². The van der Waals surface area contributed by atoms with Gasteiger partial charge in [-0.3, -0.25) is 14.6 Å². The molecule has 2 aromatic carbocycles. The summed E-state index contributed by atoms with van der Waals surface area (Å²) in [5.74, 6) is -0.0337. The molecule has 0 spiro atoms. The van der Waals surface area contributed by atoms with Gasteiger partial charge in [-0.05, 0) is 42.0 Å². The summed E-state index contributed by atoms with van der Waals surface area (Å²) in [5.41, 5.74) is 2.12. The number of carbonyl (C=O) groups excluding carboxylic acids is 2. The van der Waals surface area contributed by atoms with E-state index in [1.54, 1.807) is 6.20 Å². The van der Waals surface area contributed by atoms with E-state index in [1.165, 1.54) is 0 Å². The summed E-state index contributed by atoms with van der Waals surface area (Å²) in [6, 6.07) is 17.2. The molecule has 0 radical (unpaired) electrons. The third kappa shape index (κ3) is 3.82. The smallest absolute Gasteiger partial charge is 0.274 e. The summed E-state index contributed by atoms with van der Waals surface area (Å²) in [6.45, 7) is 1.38. The van der Waals surface area contributed by atoms with Crippen LogP contribution in [-0.4, -0.2) is 28.2 Å². The fourth-order valence-electron chi connectivity index (χ4n) is 3.49. The van der Waals surface area contributed by atoms with E-state index in [4.69, 9.17) is 0 Å². The van der Waals surface area contributed by atoms with E-state index in [9.17, 15) is 9.59 Å². The van der Waals surface area contributed by atoms with Gasteiger partial charge in [-0.1, -0.05) is 36.4 Å². The minimum atomic E-state index is -0.238. The highest BCUT2D eigenvalue weighted by molar-refractivity contribution is 6.11. The summed E-state index contributed by atoms with van der Waals surface area (Å²) in [7, 11) is 0. The van der Waals surface area contributed by atoms with Crippen LogP contribution in [0.5, 0.6) is 0 Å². The number of pyridine rings is 1. The highest BCUT2D eigenvalue weighted by atomic mass is 16.2. The first-order chi connectivity index (χ1) is 13.2. The molecule has 136 valence electrons. The predicted octanol–water partition coefficient (Wildman–Crippen LogP) is 4.00. The Labute approximate surface area is 158 Å². The molecule has 4 rings (SSSR count). The fourth-order valence-corrected chi connectivity index (χ4v) is 3.49. The van der Waals surface area contributed by atoms with Crippen molar-refractivity contribution in [2.24, 2.45) is 0 Å². The number of carbonyl (C=O) groups is 2. The maximum Gasteiger partial charge on any atom is 0.274 e. The number of piperidine rings is 1. The second kappa shape index (κ2) is 7.58. The molecule has 1 saturated heterocycles. The number of likely N-dealkylation sites (tertiary alicyclic amines) is 1. The van der Waals surface area contributed by atoms with Gasteiger partial charge >= 0.3 is 0 Å². The van der Waals surface area contributed by atoms with Crippen LogP contribution in [0.25, 0.3) is 10.8 Å². The fraction of sp³-hybridized carbons (Fsp3) is 0.227. The van der Waals surface area contributed by atoms with Crippen LogP contribution in [0.2, 0.25) is 0 Å². The quantitative estimate of drug-likeness (QED) is 0.766. The van der Waals surface area contributed by atoms with Crippen molar-refractivity contribution in [3.8, 4) is 0 Å². The zero-order chi connectivity index (χ0) is 18.6. The van der Waals surface area contributed by atoms with Gasteiger partial charge in [0.25, 0.3) is 5.91 Å². The molecule has 2 heterocycles. The molecular weight excluding hydrogens is 338 g/mol. The maximum atomic E-state index is 12.7. The normalized spacial score (nSPS) is 14.4. The van der Waals surface area contributed by atoms with Crippen LogP contribution in [0.1, 0.15) is 35.3 Å². The van der Waals surface area contributed by atoms with E-state index in [2.05, 4.69) is 10.3 Å². The summed E-state index contributed by atoms with van der Waals surface area (Å²) in [6.07, 6.45) is 4.30. The Morgan fingerprint density at radius 3 is 2.85 bits per heavy atom. The molecule has 0 bridgehead atoms. The topological polar surface area (TPSA) is 62.3 Å². The van der Waals surface area contributed by atoms with Crippen LogP contribution in [-0.2, 0) is 11.3 Å². The third-order valence-corrected chi connectivity index (χ3v) is 4.87. The molecular formula is C22H21N3O2. The van der Waals surface area contributed by atoms with Gasteiger partial charge in [-0.25, -0.2) is 0 Å². The van der Waals surface area contributed by atoms with Gasteiger partial charge in [0.05, 0.1) is 0 Å². The van der Waals surface area contributed by atoms with Crippen molar-refractivity contribution in [1.82, 2.24) is 9.88 Å². The van der Waals surface area contributed by atoms with E-state index >= 15 is 0 Å². The number of anilines is 1. The lowest BCUT2D eigenvalue weighted by Crippen LogP contribution is -2.34. The molecule has 1 N–H and O–H groups in total. The first-order valence-corrected chi connectivity index (χ1v) is 9.22. The van der Waals surface area contributed by atoms with Crippen molar-refractivity contribution in [1.29, 1.82) is 0 Å². The van der Waals surface area contributed by atoms with Crippen molar-refractivity contribution < 1.29 is 9.59 Å². The molecule has 0 atom stereocenters. The second-order valence-corrected chi connectivity index (χ2v) is 6.81. The highest BCUT2D eigenvalue weighted by Crippen LogP contribution is 2.20. The van der Waals surface area contributed by atoms with Gasteiger partial charge in [0.1, 0.15) is 5.69 Å². The van der Waals surface area contributed by atoms with Crippen LogP contribution >= 0.6 is 0 Å². The number of hydrogen-bond acceptors (Lipinski definition) is 3. The number of rotatable bonds is 4. The molecule has 0 aliphatic carbocycles. The Kier molecular flexibility index (Phi) is 4.83. The van der Waals surface area contributed by atoms with E-state index < -0.39 is 0 Å². The van der Waals surface area contributed by atoms with Gasteiger partial charge in [0, 0.05) is 36.8 Å². The molecule has 27 heavy (non-hydrogen) atoms. The average molecular weight is 359 g/mol. The number of nitrogens with one attached hydrogen (secondary N) is 1. The summed E-state index contributed by atoms with van der Waals surface area (Å²) in [4.78, 5) is 30.9. The maximum absolute atomic E-state index is 12.7. The molecule has 1 aliphatic rings. The van der Waals surface area contributed by atoms with Crippen LogP contribution < -0.4 is 5.32 Å². The minimum absolute atomic E-state index is 0.204. The van der Waals surface area contributed by atoms with Crippen LogP contribution in [0.4, 0.5) is 5.69 Å². The van der Waals surface area contributed by atoms with Crippen molar-refractivity contribution in [2.45, 2.75) is 25.8 Å². The lowest BCUT2D eigenvalue weighted by atomic mass is 10.1. The zero-order valence-electron chi connectivity index (χ0n) is 15.0. The molecule has 3 aromatic rings. The molecule has 1 aromatic heterocycles. The van der Waals surface area contributed by atoms with Crippen LogP contribution in [0.3, 0.4) is 0 Å². The molecule has 1 aliphatic heterocycles. The second-order valence-electron chi connectivity index (χ2n) is 6.81. The van der Waals surface area contributed by atoms with Gasteiger partial charge in [-0.15, -0.1) is 0 Å². The van der Waals surface area contributed by atoms with Crippen molar-refractivity contribution in [3.63, 3.8) is 0 Å². The Balaban J connectivity index is 1.52. The number of benzene rings is 2. The standard InChI is InChI=1S/C22H21N3O2/c26-20-10-3-4-13-25(20)15-16-6-5-8-18(14-16)24-22(27)21-19-9-2-1-7-17(19)11-12-23-21/h1-2,5-9,11-12,14H,3-4,10,13,15H2,(H,24,27). The monoisotopic (exact) mass is 359 g/mol. The molecule has 2 amide bonds. The lowest BCUT2D eigenvalue weighted by molar-refractivity contribution is -0.133. The average Bonchev–Trinajstić information content (AvgIpc) is 2.69. The van der Waals surface area contributed by atoms with Crippen LogP contribution in [0.15, 0.2) is 60.8 Å². The Morgan fingerprint density at radius 1 is 1.07 bits per heavy atom. The largest absolute Gasteiger partial charge is 0.338 e. The van der Waals surface area contributed by atoms with Gasteiger partial charge < -0.3 is 10.2 Å². The minimum Gasteiger partial charge on any atom is -0.338 e.